The number of rotatable bonds is 2. The Bertz CT molecular complexity index is 103. The van der Waals surface area contributed by atoms with E-state index in [2.05, 4.69) is 4.74 Å². The van der Waals surface area contributed by atoms with Gasteiger partial charge in [0.25, 0.3) is 6.47 Å². The fourth-order valence-corrected chi connectivity index (χ4v) is 0.725. The third-order valence-electron chi connectivity index (χ3n) is 1.23. The van der Waals surface area contributed by atoms with E-state index in [9.17, 15) is 4.79 Å². The van der Waals surface area contributed by atoms with Crippen LogP contribution in [0.5, 0.6) is 0 Å². The Morgan fingerprint density at radius 3 is 2.89 bits per heavy atom. The first-order valence-electron chi connectivity index (χ1n) is 2.69. The number of hydrogen-bond acceptors (Lipinski definition) is 4. The molecule has 1 rings (SSSR count). The Morgan fingerprint density at radius 2 is 2.44 bits per heavy atom. The number of carbonyl (C=O) groups excluding carboxylic acids is 1. The minimum absolute atomic E-state index is 0.262. The molecule has 2 atom stereocenters. The molecular weight excluding hydrogens is 124 g/mol. The molecule has 2 unspecified atom stereocenters. The van der Waals surface area contributed by atoms with Gasteiger partial charge in [0.2, 0.25) is 0 Å². The van der Waals surface area contributed by atoms with Crippen LogP contribution in [0.4, 0.5) is 0 Å². The van der Waals surface area contributed by atoms with E-state index in [0.717, 1.165) is 0 Å². The van der Waals surface area contributed by atoms with Crippen LogP contribution in [-0.2, 0) is 14.3 Å². The van der Waals surface area contributed by atoms with E-state index in [-0.39, 0.29) is 6.61 Å². The van der Waals surface area contributed by atoms with Crippen molar-refractivity contribution in [3.63, 3.8) is 0 Å². The van der Waals surface area contributed by atoms with Crippen molar-refractivity contribution in [2.75, 3.05) is 13.2 Å². The Morgan fingerprint density at radius 1 is 1.67 bits per heavy atom. The van der Waals surface area contributed by atoms with E-state index in [1.54, 1.807) is 0 Å². The van der Waals surface area contributed by atoms with Crippen molar-refractivity contribution in [3.8, 4) is 0 Å². The minimum Gasteiger partial charge on any atom is -0.459 e. The first kappa shape index (κ1) is 6.51. The van der Waals surface area contributed by atoms with Crippen molar-refractivity contribution in [1.82, 2.24) is 0 Å². The van der Waals surface area contributed by atoms with Crippen LogP contribution in [0.1, 0.15) is 0 Å². The predicted octanol–water partition coefficient (Wildman–Crippen LogP) is -1.08. The second kappa shape index (κ2) is 2.80. The van der Waals surface area contributed by atoms with E-state index < -0.39 is 12.2 Å². The Balaban J connectivity index is 2.30. The maximum absolute atomic E-state index is 9.72. The van der Waals surface area contributed by atoms with Crippen molar-refractivity contribution in [2.24, 2.45) is 0 Å². The quantitative estimate of drug-likeness (QED) is 0.485. The minimum atomic E-state index is -0.643. The number of carbonyl (C=O) groups is 1. The van der Waals surface area contributed by atoms with Gasteiger partial charge in [-0.05, 0) is 0 Å². The first-order chi connectivity index (χ1) is 4.34. The monoisotopic (exact) mass is 132 g/mol. The highest BCUT2D eigenvalue weighted by Crippen LogP contribution is 2.07. The van der Waals surface area contributed by atoms with E-state index in [1.165, 1.54) is 0 Å². The van der Waals surface area contributed by atoms with Crippen LogP contribution in [0.15, 0.2) is 0 Å². The molecule has 0 bridgehead atoms. The molecule has 0 amide bonds. The smallest absolute Gasteiger partial charge is 0.293 e. The summed E-state index contributed by atoms with van der Waals surface area (Å²) in [5.74, 6) is 0. The lowest BCUT2D eigenvalue weighted by atomic mass is 10.3. The van der Waals surface area contributed by atoms with Crippen LogP contribution in [0.2, 0.25) is 0 Å². The van der Waals surface area contributed by atoms with E-state index in [0.29, 0.717) is 13.1 Å². The summed E-state index contributed by atoms with van der Waals surface area (Å²) in [7, 11) is 0. The second-order valence-electron chi connectivity index (χ2n) is 1.88. The summed E-state index contributed by atoms with van der Waals surface area (Å²) in [5.41, 5.74) is 0. The first-order valence-corrected chi connectivity index (χ1v) is 2.69. The zero-order chi connectivity index (χ0) is 6.69. The molecule has 1 N–H and O–H groups in total. The van der Waals surface area contributed by atoms with Gasteiger partial charge < -0.3 is 14.6 Å². The average molecular weight is 132 g/mol. The molecule has 0 aromatic heterocycles. The molecular formula is C5H8O4. The van der Waals surface area contributed by atoms with Gasteiger partial charge in [-0.2, -0.15) is 0 Å². The van der Waals surface area contributed by atoms with Gasteiger partial charge in [-0.25, -0.2) is 0 Å². The van der Waals surface area contributed by atoms with Crippen molar-refractivity contribution >= 4 is 6.47 Å². The van der Waals surface area contributed by atoms with Crippen LogP contribution in [0.25, 0.3) is 0 Å². The molecule has 1 aliphatic rings. The molecule has 0 radical (unpaired) electrons. The summed E-state index contributed by atoms with van der Waals surface area (Å²) < 4.78 is 9.25. The normalized spacial score (nSPS) is 34.3. The molecule has 1 saturated heterocycles. The van der Waals surface area contributed by atoms with Gasteiger partial charge in [0.15, 0.2) is 6.10 Å². The fourth-order valence-electron chi connectivity index (χ4n) is 0.725. The van der Waals surface area contributed by atoms with Gasteiger partial charge >= 0.3 is 0 Å². The highest BCUT2D eigenvalue weighted by molar-refractivity contribution is 5.37. The lowest BCUT2D eigenvalue weighted by Crippen LogP contribution is -2.26. The summed E-state index contributed by atoms with van der Waals surface area (Å²) in [6, 6.07) is 0. The molecule has 0 aromatic rings. The van der Waals surface area contributed by atoms with Crippen LogP contribution in [-0.4, -0.2) is 37.0 Å². The van der Waals surface area contributed by atoms with E-state index in [4.69, 9.17) is 9.84 Å². The van der Waals surface area contributed by atoms with Gasteiger partial charge in [-0.1, -0.05) is 0 Å². The highest BCUT2D eigenvalue weighted by Gasteiger charge is 2.26. The molecule has 0 saturated carbocycles. The average Bonchev–Trinajstić information content (AvgIpc) is 2.18. The van der Waals surface area contributed by atoms with Gasteiger partial charge in [0.05, 0.1) is 13.2 Å². The molecule has 4 nitrogen and oxygen atoms in total. The zero-order valence-electron chi connectivity index (χ0n) is 4.82. The zero-order valence-corrected chi connectivity index (χ0v) is 4.82. The van der Waals surface area contributed by atoms with Crippen LogP contribution >= 0.6 is 0 Å². The number of aliphatic hydroxyl groups is 1. The van der Waals surface area contributed by atoms with Crippen molar-refractivity contribution in [1.29, 1.82) is 0 Å². The maximum Gasteiger partial charge on any atom is 0.293 e. The van der Waals surface area contributed by atoms with Crippen LogP contribution in [0, 0.1) is 0 Å². The maximum atomic E-state index is 9.72. The van der Waals surface area contributed by atoms with Crippen LogP contribution < -0.4 is 0 Å². The summed E-state index contributed by atoms with van der Waals surface area (Å²) in [6.45, 7) is 0.890. The largest absolute Gasteiger partial charge is 0.459 e. The van der Waals surface area contributed by atoms with Gasteiger partial charge in [-0.15, -0.1) is 0 Å². The van der Waals surface area contributed by atoms with Crippen molar-refractivity contribution < 1.29 is 19.4 Å². The molecule has 1 aliphatic heterocycles. The standard InChI is InChI=1S/C5H8O4/c6-3-9-5-2-8-1-4(5)7/h3-5,7H,1-2H2. The third kappa shape index (κ3) is 1.40. The molecule has 4 heteroatoms. The van der Waals surface area contributed by atoms with E-state index in [1.807, 2.05) is 0 Å². The molecule has 0 aliphatic carbocycles. The van der Waals surface area contributed by atoms with Gasteiger partial charge in [0.1, 0.15) is 6.10 Å². The summed E-state index contributed by atoms with van der Waals surface area (Å²) in [4.78, 5) is 9.72. The SMILES string of the molecule is O=COC1COCC1O. The Kier molecular flexibility index (Phi) is 2.02. The van der Waals surface area contributed by atoms with E-state index >= 15 is 0 Å². The molecule has 52 valence electrons. The molecule has 9 heavy (non-hydrogen) atoms. The van der Waals surface area contributed by atoms with Gasteiger partial charge in [-0.3, -0.25) is 4.79 Å². The topological polar surface area (TPSA) is 55.8 Å². The van der Waals surface area contributed by atoms with Gasteiger partial charge in [0, 0.05) is 0 Å². The number of ether oxygens (including phenoxy) is 2. The lowest BCUT2D eigenvalue weighted by molar-refractivity contribution is -0.136. The second-order valence-corrected chi connectivity index (χ2v) is 1.88. The highest BCUT2D eigenvalue weighted by atomic mass is 16.6. The lowest BCUT2D eigenvalue weighted by Gasteiger charge is -2.07. The molecule has 1 heterocycles. The Labute approximate surface area is 52.4 Å². The molecule has 0 spiro atoms. The predicted molar refractivity (Wildman–Crippen MR) is 27.8 cm³/mol. The van der Waals surface area contributed by atoms with Crippen molar-refractivity contribution in [3.05, 3.63) is 0 Å². The summed E-state index contributed by atoms with van der Waals surface area (Å²) >= 11 is 0. The molecule has 0 aromatic carbocycles. The van der Waals surface area contributed by atoms with Crippen LogP contribution in [0.3, 0.4) is 0 Å². The van der Waals surface area contributed by atoms with Crippen molar-refractivity contribution in [2.45, 2.75) is 12.2 Å². The molecule has 1 fully saturated rings. The summed E-state index contributed by atoms with van der Waals surface area (Å²) in [6.07, 6.45) is -1.10. The Hall–Kier alpha value is -0.610. The number of hydrogen-bond donors (Lipinski definition) is 1. The fraction of sp³-hybridized carbons (Fsp3) is 0.800. The third-order valence-corrected chi connectivity index (χ3v) is 1.23. The summed E-state index contributed by atoms with van der Waals surface area (Å²) in [5, 5.41) is 8.91. The number of aliphatic hydroxyl groups excluding tert-OH is 1.